The Labute approximate surface area is 146 Å². The molecule has 1 N–H and O–H groups in total. The van der Waals surface area contributed by atoms with Gasteiger partial charge in [0, 0.05) is 44.1 Å². The van der Waals surface area contributed by atoms with Crippen molar-refractivity contribution < 1.29 is 14.3 Å². The summed E-state index contributed by atoms with van der Waals surface area (Å²) in [6.07, 6.45) is 1.81. The summed E-state index contributed by atoms with van der Waals surface area (Å²) in [5.74, 6) is 2.35. The average Bonchev–Trinajstić information content (AvgIpc) is 3.11. The summed E-state index contributed by atoms with van der Waals surface area (Å²) in [6.45, 7) is 4.02. The van der Waals surface area contributed by atoms with Crippen LogP contribution in [0.25, 0.3) is 0 Å². The molecular formula is C18H20N4O3. The number of anilines is 2. The van der Waals surface area contributed by atoms with Gasteiger partial charge in [-0.2, -0.15) is 0 Å². The van der Waals surface area contributed by atoms with Gasteiger partial charge in [-0.05, 0) is 24.3 Å². The first-order chi connectivity index (χ1) is 12.3. The fourth-order valence-electron chi connectivity index (χ4n) is 3.05. The third-order valence-electron chi connectivity index (χ3n) is 4.37. The quantitative estimate of drug-likeness (QED) is 0.911. The molecule has 0 atom stereocenters. The van der Waals surface area contributed by atoms with Crippen LogP contribution in [0.2, 0.25) is 0 Å². The number of benzene rings is 1. The third-order valence-corrected chi connectivity index (χ3v) is 4.37. The number of hydrogen-bond acceptors (Lipinski definition) is 6. The van der Waals surface area contributed by atoms with Crippen LogP contribution in [-0.4, -0.2) is 55.3 Å². The second-order valence-electron chi connectivity index (χ2n) is 6.07. The van der Waals surface area contributed by atoms with E-state index in [9.17, 15) is 4.79 Å². The second kappa shape index (κ2) is 6.98. The first-order valence-electron chi connectivity index (χ1n) is 8.36. The molecule has 0 spiro atoms. The Hall–Kier alpha value is -2.80. The summed E-state index contributed by atoms with van der Waals surface area (Å²) >= 11 is 0. The monoisotopic (exact) mass is 340 g/mol. The first kappa shape index (κ1) is 15.7. The van der Waals surface area contributed by atoms with E-state index in [0.29, 0.717) is 18.0 Å². The maximum atomic E-state index is 12.3. The molecular weight excluding hydrogens is 320 g/mol. The molecule has 130 valence electrons. The summed E-state index contributed by atoms with van der Waals surface area (Å²) in [7, 11) is 0. The molecule has 1 fully saturated rings. The van der Waals surface area contributed by atoms with Crippen LogP contribution in [0.3, 0.4) is 0 Å². The van der Waals surface area contributed by atoms with Gasteiger partial charge in [-0.3, -0.25) is 9.69 Å². The Morgan fingerprint density at radius 2 is 1.92 bits per heavy atom. The Balaban J connectivity index is 1.28. The molecule has 0 radical (unpaired) electrons. The summed E-state index contributed by atoms with van der Waals surface area (Å²) in [6, 6.07) is 11.4. The van der Waals surface area contributed by atoms with E-state index >= 15 is 0 Å². The predicted molar refractivity (Wildman–Crippen MR) is 94.1 cm³/mol. The topological polar surface area (TPSA) is 66.9 Å². The highest BCUT2D eigenvalue weighted by atomic mass is 16.7. The Morgan fingerprint density at radius 3 is 2.72 bits per heavy atom. The number of carbonyl (C=O) groups is 1. The normalized spacial score (nSPS) is 16.7. The third kappa shape index (κ3) is 3.66. The van der Waals surface area contributed by atoms with Gasteiger partial charge >= 0.3 is 0 Å². The highest BCUT2D eigenvalue weighted by molar-refractivity contribution is 5.92. The number of aromatic nitrogens is 1. The van der Waals surface area contributed by atoms with E-state index in [4.69, 9.17) is 9.47 Å². The summed E-state index contributed by atoms with van der Waals surface area (Å²) < 4.78 is 10.6. The molecule has 2 aliphatic heterocycles. The lowest BCUT2D eigenvalue weighted by Gasteiger charge is -2.34. The van der Waals surface area contributed by atoms with Gasteiger partial charge in [-0.15, -0.1) is 0 Å². The largest absolute Gasteiger partial charge is 0.454 e. The minimum absolute atomic E-state index is 0.0230. The number of pyridine rings is 1. The Bertz CT molecular complexity index is 745. The van der Waals surface area contributed by atoms with E-state index in [0.717, 1.165) is 37.7 Å². The number of amides is 1. The zero-order valence-electron chi connectivity index (χ0n) is 13.9. The van der Waals surface area contributed by atoms with Gasteiger partial charge in [0.05, 0.1) is 6.54 Å². The number of ether oxygens (including phenoxy) is 2. The van der Waals surface area contributed by atoms with Crippen LogP contribution < -0.4 is 19.7 Å². The number of nitrogens with one attached hydrogen (secondary N) is 1. The van der Waals surface area contributed by atoms with Gasteiger partial charge in [0.15, 0.2) is 11.5 Å². The molecule has 1 aromatic carbocycles. The summed E-state index contributed by atoms with van der Waals surface area (Å²) in [5, 5.41) is 2.92. The Kier molecular flexibility index (Phi) is 4.39. The van der Waals surface area contributed by atoms with Gasteiger partial charge < -0.3 is 19.7 Å². The highest BCUT2D eigenvalue weighted by Crippen LogP contribution is 2.34. The van der Waals surface area contributed by atoms with E-state index < -0.39 is 0 Å². The van der Waals surface area contributed by atoms with Crippen molar-refractivity contribution in [2.24, 2.45) is 0 Å². The van der Waals surface area contributed by atoms with Crippen LogP contribution in [-0.2, 0) is 4.79 Å². The molecule has 0 unspecified atom stereocenters. The minimum atomic E-state index is -0.0230. The van der Waals surface area contributed by atoms with Crippen LogP contribution in [0.4, 0.5) is 11.5 Å². The van der Waals surface area contributed by atoms with Gasteiger partial charge in [0.2, 0.25) is 12.7 Å². The zero-order chi connectivity index (χ0) is 17.1. The lowest BCUT2D eigenvalue weighted by molar-refractivity contribution is -0.117. The van der Waals surface area contributed by atoms with Gasteiger partial charge in [0.1, 0.15) is 5.82 Å². The van der Waals surface area contributed by atoms with E-state index in [1.807, 2.05) is 30.3 Å². The van der Waals surface area contributed by atoms with Crippen molar-refractivity contribution in [1.82, 2.24) is 9.88 Å². The number of rotatable bonds is 4. The number of carbonyl (C=O) groups excluding carboxylic acids is 1. The standard InChI is InChI=1S/C18H20N4O3/c23-18(20-14-4-5-15-16(11-14)25-13-24-15)12-21-7-9-22(10-8-21)17-3-1-2-6-19-17/h1-6,11H,7-10,12-13H2,(H,20,23). The molecule has 0 saturated carbocycles. The molecule has 1 amide bonds. The van der Waals surface area contributed by atoms with E-state index in [1.54, 1.807) is 12.3 Å². The van der Waals surface area contributed by atoms with Gasteiger partial charge in [-0.1, -0.05) is 6.07 Å². The van der Waals surface area contributed by atoms with Crippen LogP contribution in [0.5, 0.6) is 11.5 Å². The lowest BCUT2D eigenvalue weighted by Crippen LogP contribution is -2.48. The van der Waals surface area contributed by atoms with E-state index in [1.165, 1.54) is 0 Å². The molecule has 7 nitrogen and oxygen atoms in total. The fraction of sp³-hybridized carbons (Fsp3) is 0.333. The molecule has 1 saturated heterocycles. The second-order valence-corrected chi connectivity index (χ2v) is 6.07. The van der Waals surface area contributed by atoms with Crippen molar-refractivity contribution >= 4 is 17.4 Å². The van der Waals surface area contributed by atoms with Crippen LogP contribution in [0.1, 0.15) is 0 Å². The van der Waals surface area contributed by atoms with Crippen molar-refractivity contribution in [3.63, 3.8) is 0 Å². The molecule has 4 rings (SSSR count). The smallest absolute Gasteiger partial charge is 0.238 e. The van der Waals surface area contributed by atoms with Crippen molar-refractivity contribution in [2.45, 2.75) is 0 Å². The summed E-state index contributed by atoms with van der Waals surface area (Å²) in [4.78, 5) is 21.1. The van der Waals surface area contributed by atoms with Crippen molar-refractivity contribution in [2.75, 3.05) is 49.7 Å². The SMILES string of the molecule is O=C(CN1CCN(c2ccccn2)CC1)Nc1ccc2c(c1)OCO2. The zero-order valence-corrected chi connectivity index (χ0v) is 13.9. The number of nitrogens with zero attached hydrogens (tertiary/aromatic N) is 3. The van der Waals surface area contributed by atoms with Gasteiger partial charge in [0.25, 0.3) is 0 Å². The highest BCUT2D eigenvalue weighted by Gasteiger charge is 2.20. The number of piperazine rings is 1. The molecule has 2 aliphatic rings. The molecule has 2 aromatic rings. The maximum absolute atomic E-state index is 12.3. The van der Waals surface area contributed by atoms with Crippen LogP contribution in [0.15, 0.2) is 42.6 Å². The first-order valence-corrected chi connectivity index (χ1v) is 8.36. The van der Waals surface area contributed by atoms with Gasteiger partial charge in [-0.25, -0.2) is 4.98 Å². The summed E-state index contributed by atoms with van der Waals surface area (Å²) in [5.41, 5.74) is 0.723. The van der Waals surface area contributed by atoms with Crippen molar-refractivity contribution in [1.29, 1.82) is 0 Å². The molecule has 0 aliphatic carbocycles. The fourth-order valence-corrected chi connectivity index (χ4v) is 3.05. The minimum Gasteiger partial charge on any atom is -0.454 e. The molecule has 3 heterocycles. The Morgan fingerprint density at radius 1 is 1.08 bits per heavy atom. The number of fused-ring (bicyclic) bond motifs is 1. The number of hydrogen-bond donors (Lipinski definition) is 1. The van der Waals surface area contributed by atoms with Crippen LogP contribution >= 0.6 is 0 Å². The van der Waals surface area contributed by atoms with Crippen molar-refractivity contribution in [3.8, 4) is 11.5 Å². The maximum Gasteiger partial charge on any atom is 0.238 e. The molecule has 7 heteroatoms. The van der Waals surface area contributed by atoms with E-state index in [2.05, 4.69) is 20.1 Å². The van der Waals surface area contributed by atoms with E-state index in [-0.39, 0.29) is 12.7 Å². The van der Waals surface area contributed by atoms with Crippen LogP contribution in [0, 0.1) is 0 Å². The molecule has 1 aromatic heterocycles. The lowest BCUT2D eigenvalue weighted by atomic mass is 10.2. The predicted octanol–water partition coefficient (Wildman–Crippen LogP) is 1.57. The average molecular weight is 340 g/mol. The molecule has 25 heavy (non-hydrogen) atoms. The molecule has 0 bridgehead atoms. The van der Waals surface area contributed by atoms with Crippen molar-refractivity contribution in [3.05, 3.63) is 42.6 Å².